The fraction of sp³-hybridized carbons (Fsp3) is 0.375. The number of aromatic nitrogens is 1. The molecule has 1 aromatic heterocycles. The number of nitrogens with zero attached hydrogens (tertiary/aromatic N) is 1. The summed E-state index contributed by atoms with van der Waals surface area (Å²) in [6.45, 7) is 2.11. The molecule has 0 bridgehead atoms. The van der Waals surface area contributed by atoms with E-state index in [2.05, 4.69) is 26.3 Å². The Balaban J connectivity index is 1.94. The van der Waals surface area contributed by atoms with Gasteiger partial charge >= 0.3 is 5.97 Å². The number of benzene rings is 1. The van der Waals surface area contributed by atoms with Gasteiger partial charge in [0.2, 0.25) is 11.8 Å². The third kappa shape index (κ3) is 11.5. The van der Waals surface area contributed by atoms with Gasteiger partial charge in [-0.3, -0.25) is 24.2 Å². The van der Waals surface area contributed by atoms with E-state index in [0.717, 1.165) is 5.56 Å². The summed E-state index contributed by atoms with van der Waals surface area (Å²) in [5.41, 5.74) is 1.48. The van der Waals surface area contributed by atoms with Crippen LogP contribution >= 0.6 is 0 Å². The van der Waals surface area contributed by atoms with E-state index >= 15 is 0 Å². The third-order valence-corrected chi connectivity index (χ3v) is 4.70. The molecule has 2 rings (SSSR count). The molecule has 0 saturated heterocycles. The second-order valence-electron chi connectivity index (χ2n) is 7.65. The van der Waals surface area contributed by atoms with Gasteiger partial charge in [0.15, 0.2) is 6.17 Å². The van der Waals surface area contributed by atoms with Crippen LogP contribution in [0.2, 0.25) is 0 Å². The Morgan fingerprint density at radius 1 is 1.03 bits per heavy atom. The lowest BCUT2D eigenvalue weighted by atomic mass is 10.1. The molecular formula is C24H31N5O6. The zero-order chi connectivity index (χ0) is 25.5. The van der Waals surface area contributed by atoms with Crippen molar-refractivity contribution in [1.29, 1.82) is 0 Å². The van der Waals surface area contributed by atoms with Gasteiger partial charge in [-0.2, -0.15) is 0 Å². The van der Waals surface area contributed by atoms with Crippen molar-refractivity contribution < 1.29 is 29.0 Å². The van der Waals surface area contributed by atoms with E-state index in [4.69, 9.17) is 9.84 Å². The molecule has 11 nitrogen and oxygen atoms in total. The van der Waals surface area contributed by atoms with Crippen molar-refractivity contribution >= 4 is 29.4 Å². The summed E-state index contributed by atoms with van der Waals surface area (Å²) in [6.07, 6.45) is 3.36. The van der Waals surface area contributed by atoms with Crippen molar-refractivity contribution in [3.63, 3.8) is 0 Å². The molecule has 1 atom stereocenters. The fourth-order valence-electron chi connectivity index (χ4n) is 2.96. The second kappa shape index (κ2) is 14.9. The fourth-order valence-corrected chi connectivity index (χ4v) is 2.96. The normalized spacial score (nSPS) is 11.1. The molecule has 5 N–H and O–H groups in total. The molecule has 35 heavy (non-hydrogen) atoms. The molecule has 0 saturated carbocycles. The highest BCUT2D eigenvalue weighted by Gasteiger charge is 2.20. The lowest BCUT2D eigenvalue weighted by Gasteiger charge is -2.21. The standard InChI is InChI=1S/C24H31N5O6/c1-17(30)26-13-14-27-24(34)23(29-21(31)11-6-18-4-2-12-25-16-18)28-19-7-9-20(10-8-19)35-15-3-5-22(32)33/h2,4,7-10,12,16,23,28H,3,5-6,11,13-15H2,1H3,(H,26,30)(H,27,34)(H,29,31)(H,32,33). The Morgan fingerprint density at radius 3 is 2.43 bits per heavy atom. The van der Waals surface area contributed by atoms with E-state index in [9.17, 15) is 19.2 Å². The Labute approximate surface area is 203 Å². The summed E-state index contributed by atoms with van der Waals surface area (Å²) >= 11 is 0. The summed E-state index contributed by atoms with van der Waals surface area (Å²) in [7, 11) is 0. The van der Waals surface area contributed by atoms with Gasteiger partial charge in [0.05, 0.1) is 6.61 Å². The van der Waals surface area contributed by atoms with Gasteiger partial charge in [0.1, 0.15) is 5.75 Å². The molecule has 1 aromatic carbocycles. The minimum atomic E-state index is -1.05. The molecule has 1 unspecified atom stereocenters. The van der Waals surface area contributed by atoms with Crippen LogP contribution < -0.4 is 26.0 Å². The Kier molecular flexibility index (Phi) is 11.5. The quantitative estimate of drug-likeness (QED) is 0.185. The number of carbonyl (C=O) groups is 4. The highest BCUT2D eigenvalue weighted by atomic mass is 16.5. The largest absolute Gasteiger partial charge is 0.494 e. The van der Waals surface area contributed by atoms with Crippen LogP contribution in [0.15, 0.2) is 48.8 Å². The number of aliphatic carboxylic acids is 1. The Hall–Kier alpha value is -4.15. The van der Waals surface area contributed by atoms with Crippen molar-refractivity contribution in [2.75, 3.05) is 25.0 Å². The molecule has 1 heterocycles. The number of ether oxygens (including phenoxy) is 1. The lowest BCUT2D eigenvalue weighted by Crippen LogP contribution is -2.52. The number of hydrogen-bond acceptors (Lipinski definition) is 7. The molecule has 11 heteroatoms. The van der Waals surface area contributed by atoms with Crippen LogP contribution in [0.4, 0.5) is 5.69 Å². The first-order valence-corrected chi connectivity index (χ1v) is 11.2. The molecular weight excluding hydrogens is 454 g/mol. The number of rotatable bonds is 15. The first-order chi connectivity index (χ1) is 16.8. The first-order valence-electron chi connectivity index (χ1n) is 11.2. The first kappa shape index (κ1) is 27.1. The van der Waals surface area contributed by atoms with E-state index in [-0.39, 0.29) is 44.4 Å². The number of carbonyl (C=O) groups excluding carboxylic acids is 3. The zero-order valence-corrected chi connectivity index (χ0v) is 19.6. The topological polar surface area (TPSA) is 159 Å². The van der Waals surface area contributed by atoms with Gasteiger partial charge in [-0.1, -0.05) is 6.07 Å². The number of amides is 3. The molecule has 188 valence electrons. The molecule has 0 radical (unpaired) electrons. The Morgan fingerprint density at radius 2 is 1.77 bits per heavy atom. The van der Waals surface area contributed by atoms with E-state index in [1.165, 1.54) is 6.92 Å². The van der Waals surface area contributed by atoms with Gasteiger partial charge in [0, 0.05) is 50.9 Å². The monoisotopic (exact) mass is 485 g/mol. The summed E-state index contributed by atoms with van der Waals surface area (Å²) in [5.74, 6) is -1.31. The minimum absolute atomic E-state index is 0.0266. The van der Waals surface area contributed by atoms with Crippen molar-refractivity contribution in [3.8, 4) is 5.75 Å². The Bertz CT molecular complexity index is 968. The number of pyridine rings is 1. The van der Waals surface area contributed by atoms with E-state index in [1.54, 1.807) is 42.7 Å². The summed E-state index contributed by atoms with van der Waals surface area (Å²) in [5, 5.41) is 19.6. The van der Waals surface area contributed by atoms with Crippen LogP contribution in [0.1, 0.15) is 31.7 Å². The minimum Gasteiger partial charge on any atom is -0.494 e. The van der Waals surface area contributed by atoms with Crippen molar-refractivity contribution in [2.24, 2.45) is 0 Å². The number of anilines is 1. The summed E-state index contributed by atoms with van der Waals surface area (Å²) in [4.78, 5) is 50.8. The SMILES string of the molecule is CC(=O)NCCNC(=O)C(NC(=O)CCc1cccnc1)Nc1ccc(OCCCC(=O)O)cc1. The van der Waals surface area contributed by atoms with Crippen LogP contribution in [-0.2, 0) is 25.6 Å². The predicted molar refractivity (Wildman–Crippen MR) is 129 cm³/mol. The number of hydrogen-bond donors (Lipinski definition) is 5. The summed E-state index contributed by atoms with van der Waals surface area (Å²) < 4.78 is 5.51. The van der Waals surface area contributed by atoms with Gasteiger partial charge in [-0.05, 0) is 48.7 Å². The maximum atomic E-state index is 12.7. The van der Waals surface area contributed by atoms with Crippen LogP contribution in [0.3, 0.4) is 0 Å². The average molecular weight is 486 g/mol. The molecule has 0 aliphatic carbocycles. The maximum Gasteiger partial charge on any atom is 0.303 e. The molecule has 2 aromatic rings. The van der Waals surface area contributed by atoms with Gasteiger partial charge in [0.25, 0.3) is 5.91 Å². The molecule has 3 amide bonds. The highest BCUT2D eigenvalue weighted by molar-refractivity contribution is 5.89. The predicted octanol–water partition coefficient (Wildman–Crippen LogP) is 1.06. The maximum absolute atomic E-state index is 12.7. The number of nitrogens with one attached hydrogen (secondary N) is 4. The molecule has 0 spiro atoms. The molecule has 0 aliphatic heterocycles. The zero-order valence-electron chi connectivity index (χ0n) is 19.6. The van der Waals surface area contributed by atoms with Crippen LogP contribution in [0.25, 0.3) is 0 Å². The highest BCUT2D eigenvalue weighted by Crippen LogP contribution is 2.16. The smallest absolute Gasteiger partial charge is 0.303 e. The third-order valence-electron chi connectivity index (χ3n) is 4.70. The van der Waals surface area contributed by atoms with Gasteiger partial charge in [-0.15, -0.1) is 0 Å². The van der Waals surface area contributed by atoms with Crippen molar-refractivity contribution in [1.82, 2.24) is 20.9 Å². The lowest BCUT2D eigenvalue weighted by molar-refractivity contribution is -0.137. The van der Waals surface area contributed by atoms with E-state index in [0.29, 0.717) is 24.3 Å². The van der Waals surface area contributed by atoms with Crippen LogP contribution in [0, 0.1) is 0 Å². The average Bonchev–Trinajstić information content (AvgIpc) is 2.84. The van der Waals surface area contributed by atoms with Crippen molar-refractivity contribution in [3.05, 3.63) is 54.4 Å². The number of carboxylic acids is 1. The van der Waals surface area contributed by atoms with Gasteiger partial charge in [-0.25, -0.2) is 0 Å². The van der Waals surface area contributed by atoms with Crippen LogP contribution in [0.5, 0.6) is 5.75 Å². The van der Waals surface area contributed by atoms with Crippen molar-refractivity contribution in [2.45, 2.75) is 38.8 Å². The second-order valence-corrected chi connectivity index (χ2v) is 7.65. The van der Waals surface area contributed by atoms with Crippen LogP contribution in [-0.4, -0.2) is 59.6 Å². The van der Waals surface area contributed by atoms with E-state index < -0.39 is 18.0 Å². The molecule has 0 aliphatic rings. The molecule has 0 fully saturated rings. The van der Waals surface area contributed by atoms with Gasteiger partial charge < -0.3 is 31.1 Å². The van der Waals surface area contributed by atoms with E-state index in [1.807, 2.05) is 6.07 Å². The summed E-state index contributed by atoms with van der Waals surface area (Å²) in [6, 6.07) is 10.4. The number of carboxylic acid groups (broad SMARTS) is 1. The number of aryl methyl sites for hydroxylation is 1.